The first-order valence-corrected chi connectivity index (χ1v) is 10.1. The molecule has 1 aromatic rings. The normalized spacial score (nSPS) is 19.7. The van der Waals surface area contributed by atoms with E-state index in [4.69, 9.17) is 14.2 Å². The lowest BCUT2D eigenvalue weighted by Gasteiger charge is -2.36. The number of aromatic nitrogens is 2. The first kappa shape index (κ1) is 20.6. The molecule has 0 aliphatic carbocycles. The maximum absolute atomic E-state index is 11.5. The Hall–Kier alpha value is -1.67. The van der Waals surface area contributed by atoms with Gasteiger partial charge in [-0.1, -0.05) is 32.3 Å². The van der Waals surface area contributed by atoms with Crippen molar-refractivity contribution in [3.05, 3.63) is 11.8 Å². The van der Waals surface area contributed by atoms with Crippen molar-refractivity contribution in [1.82, 2.24) is 8.75 Å². The second kappa shape index (κ2) is 10.5. The van der Waals surface area contributed by atoms with E-state index in [9.17, 15) is 4.79 Å². The van der Waals surface area contributed by atoms with Crippen molar-refractivity contribution in [2.45, 2.75) is 46.0 Å². The van der Waals surface area contributed by atoms with E-state index < -0.39 is 6.16 Å². The van der Waals surface area contributed by atoms with Crippen molar-refractivity contribution in [3.8, 4) is 5.88 Å². The molecule has 1 aromatic heterocycles. The number of ether oxygens (including phenoxy) is 3. The van der Waals surface area contributed by atoms with Crippen LogP contribution in [0.5, 0.6) is 5.88 Å². The van der Waals surface area contributed by atoms with Crippen LogP contribution >= 0.6 is 11.7 Å². The average molecular weight is 385 g/mol. The fourth-order valence-corrected chi connectivity index (χ4v) is 3.46. The molecule has 1 aliphatic heterocycles. The second-order valence-corrected chi connectivity index (χ2v) is 7.33. The summed E-state index contributed by atoms with van der Waals surface area (Å²) in [6.07, 6.45) is 7.11. The third kappa shape index (κ3) is 6.25. The van der Waals surface area contributed by atoms with Gasteiger partial charge in [-0.25, -0.2) is 4.79 Å². The Kier molecular flexibility index (Phi) is 8.31. The largest absolute Gasteiger partial charge is 0.512 e. The van der Waals surface area contributed by atoms with Gasteiger partial charge in [0, 0.05) is 12.0 Å². The van der Waals surface area contributed by atoms with Crippen LogP contribution in [0, 0.1) is 0 Å². The standard InChI is InChI=1S/C18H30N3O4S/c1-4-6-7-8-12-24-17-16(19-26-20-17)15-10-9-11-21(3,13-15)14-25-18(22)23-5-2/h10H,4-9,11-14H2,1-3H3/q+1. The van der Waals surface area contributed by atoms with E-state index >= 15 is 0 Å². The van der Waals surface area contributed by atoms with Gasteiger partial charge in [-0.3, -0.25) is 4.48 Å². The van der Waals surface area contributed by atoms with Gasteiger partial charge in [-0.15, -0.1) is 4.37 Å². The summed E-state index contributed by atoms with van der Waals surface area (Å²) >= 11 is 1.18. The topological polar surface area (TPSA) is 70.5 Å². The van der Waals surface area contributed by atoms with Crippen LogP contribution in [0.4, 0.5) is 4.79 Å². The highest BCUT2D eigenvalue weighted by Crippen LogP contribution is 2.30. The third-order valence-corrected chi connectivity index (χ3v) is 4.88. The SMILES string of the molecule is CCCCCCOc1nsnc1C1=CCC[N+](C)(COC(=O)OCC)C1. The van der Waals surface area contributed by atoms with Gasteiger partial charge in [-0.2, -0.15) is 4.37 Å². The van der Waals surface area contributed by atoms with Gasteiger partial charge in [-0.05, 0) is 13.3 Å². The minimum atomic E-state index is -0.616. The molecule has 26 heavy (non-hydrogen) atoms. The Balaban J connectivity index is 1.91. The van der Waals surface area contributed by atoms with Crippen LogP contribution in [0.15, 0.2) is 6.08 Å². The molecule has 8 heteroatoms. The van der Waals surface area contributed by atoms with E-state index in [1.807, 2.05) is 0 Å². The van der Waals surface area contributed by atoms with Crippen molar-refractivity contribution in [3.63, 3.8) is 0 Å². The highest BCUT2D eigenvalue weighted by Gasteiger charge is 2.31. The number of carbonyl (C=O) groups excluding carboxylic acids is 1. The number of unbranched alkanes of at least 4 members (excludes halogenated alkanes) is 3. The Labute approximate surface area is 159 Å². The van der Waals surface area contributed by atoms with E-state index in [2.05, 4.69) is 28.8 Å². The lowest BCUT2D eigenvalue weighted by atomic mass is 10.1. The maximum atomic E-state index is 11.5. The van der Waals surface area contributed by atoms with E-state index in [1.165, 1.54) is 31.0 Å². The lowest BCUT2D eigenvalue weighted by molar-refractivity contribution is -0.919. The molecule has 0 radical (unpaired) electrons. The molecule has 2 rings (SSSR count). The van der Waals surface area contributed by atoms with E-state index in [-0.39, 0.29) is 6.73 Å². The van der Waals surface area contributed by atoms with Crippen molar-refractivity contribution in [2.24, 2.45) is 0 Å². The summed E-state index contributed by atoms with van der Waals surface area (Å²) in [5.41, 5.74) is 1.93. The number of nitrogens with zero attached hydrogens (tertiary/aromatic N) is 3. The van der Waals surface area contributed by atoms with Gasteiger partial charge in [0.2, 0.25) is 6.73 Å². The van der Waals surface area contributed by atoms with Gasteiger partial charge in [0.15, 0.2) is 0 Å². The van der Waals surface area contributed by atoms with Crippen LogP contribution in [-0.2, 0) is 9.47 Å². The predicted octanol–water partition coefficient (Wildman–Crippen LogP) is 3.86. The molecule has 1 atom stereocenters. The Morgan fingerprint density at radius 2 is 2.08 bits per heavy atom. The van der Waals surface area contributed by atoms with Crippen molar-refractivity contribution >= 4 is 23.5 Å². The van der Waals surface area contributed by atoms with Crippen LogP contribution < -0.4 is 4.74 Å². The molecule has 0 saturated carbocycles. The summed E-state index contributed by atoms with van der Waals surface area (Å²) in [6, 6.07) is 0. The molecular formula is C18H30N3O4S+. The van der Waals surface area contributed by atoms with Gasteiger partial charge in [0.05, 0.1) is 38.5 Å². The van der Waals surface area contributed by atoms with Crippen molar-refractivity contribution in [1.29, 1.82) is 0 Å². The lowest BCUT2D eigenvalue weighted by Crippen LogP contribution is -2.49. The van der Waals surface area contributed by atoms with Gasteiger partial charge in [0.1, 0.15) is 12.2 Å². The minimum absolute atomic E-state index is 0.279. The number of hydrogen-bond donors (Lipinski definition) is 0. The highest BCUT2D eigenvalue weighted by atomic mass is 32.1. The molecular weight excluding hydrogens is 354 g/mol. The highest BCUT2D eigenvalue weighted by molar-refractivity contribution is 6.99. The maximum Gasteiger partial charge on any atom is 0.512 e. The number of rotatable bonds is 10. The fraction of sp³-hybridized carbons (Fsp3) is 0.722. The van der Waals surface area contributed by atoms with Crippen molar-refractivity contribution in [2.75, 3.05) is 40.1 Å². The predicted molar refractivity (Wildman–Crippen MR) is 101 cm³/mol. The van der Waals surface area contributed by atoms with Gasteiger partial charge < -0.3 is 14.2 Å². The van der Waals surface area contributed by atoms with E-state index in [1.54, 1.807) is 6.92 Å². The Morgan fingerprint density at radius 1 is 1.23 bits per heavy atom. The summed E-state index contributed by atoms with van der Waals surface area (Å²) in [5, 5.41) is 0. The summed E-state index contributed by atoms with van der Waals surface area (Å²) in [7, 11) is 2.07. The molecule has 0 aromatic carbocycles. The van der Waals surface area contributed by atoms with Crippen molar-refractivity contribution < 1.29 is 23.5 Å². The molecule has 0 spiro atoms. The molecule has 0 fully saturated rings. The zero-order valence-corrected chi connectivity index (χ0v) is 16.8. The van der Waals surface area contributed by atoms with Crippen LogP contribution in [-0.4, -0.2) is 59.5 Å². The van der Waals surface area contributed by atoms with Crippen LogP contribution in [0.2, 0.25) is 0 Å². The number of quaternary nitrogens is 1. The molecule has 7 nitrogen and oxygen atoms in total. The number of hydrogen-bond acceptors (Lipinski definition) is 7. The average Bonchev–Trinajstić information content (AvgIpc) is 3.09. The molecule has 0 amide bonds. The molecule has 0 N–H and O–H groups in total. The van der Waals surface area contributed by atoms with E-state index in [0.29, 0.717) is 23.6 Å². The first-order valence-electron chi connectivity index (χ1n) is 9.36. The third-order valence-electron chi connectivity index (χ3n) is 4.37. The number of likely N-dealkylation sites (N-methyl/N-ethyl adjacent to an activating group) is 1. The molecule has 0 bridgehead atoms. The van der Waals surface area contributed by atoms with Gasteiger partial charge in [0.25, 0.3) is 5.88 Å². The fourth-order valence-electron chi connectivity index (χ4n) is 2.92. The van der Waals surface area contributed by atoms with Crippen LogP contribution in [0.1, 0.15) is 51.6 Å². The number of carbonyl (C=O) groups is 1. The monoisotopic (exact) mass is 384 g/mol. The molecule has 0 saturated heterocycles. The van der Waals surface area contributed by atoms with Crippen LogP contribution in [0.3, 0.4) is 0 Å². The summed E-state index contributed by atoms with van der Waals surface area (Å²) in [5.74, 6) is 0.623. The minimum Gasteiger partial charge on any atom is -0.475 e. The van der Waals surface area contributed by atoms with E-state index in [0.717, 1.165) is 37.2 Å². The quantitative estimate of drug-likeness (QED) is 0.346. The van der Waals surface area contributed by atoms with Crippen LogP contribution in [0.25, 0.3) is 5.57 Å². The molecule has 2 heterocycles. The summed E-state index contributed by atoms with van der Waals surface area (Å²) < 4.78 is 25.3. The molecule has 1 aliphatic rings. The molecule has 1 unspecified atom stereocenters. The molecule has 146 valence electrons. The Morgan fingerprint density at radius 3 is 2.85 bits per heavy atom. The van der Waals surface area contributed by atoms with Gasteiger partial charge >= 0.3 is 6.16 Å². The zero-order chi connectivity index (χ0) is 18.8. The smallest absolute Gasteiger partial charge is 0.475 e. The first-order chi connectivity index (χ1) is 12.6. The summed E-state index contributed by atoms with van der Waals surface area (Å²) in [4.78, 5) is 11.5. The summed E-state index contributed by atoms with van der Waals surface area (Å²) in [6.45, 7) is 6.84. The second-order valence-electron chi connectivity index (χ2n) is 6.80. The Bertz CT molecular complexity index is 605. The zero-order valence-electron chi connectivity index (χ0n) is 16.0.